The summed E-state index contributed by atoms with van der Waals surface area (Å²) in [7, 11) is 1.55. The SMILES string of the molecule is COc1ccc(C(=O)NNC(=O)Cn2nc(C)cc2C)cc1. The number of rotatable bonds is 4. The van der Waals surface area contributed by atoms with E-state index in [9.17, 15) is 9.59 Å². The second-order valence-corrected chi connectivity index (χ2v) is 4.82. The number of hydrazine groups is 1. The lowest BCUT2D eigenvalue weighted by Gasteiger charge is -2.09. The summed E-state index contributed by atoms with van der Waals surface area (Å²) < 4.78 is 6.59. The molecule has 1 aromatic heterocycles. The monoisotopic (exact) mass is 302 g/mol. The number of hydrogen-bond acceptors (Lipinski definition) is 4. The fourth-order valence-corrected chi connectivity index (χ4v) is 1.95. The summed E-state index contributed by atoms with van der Waals surface area (Å²) in [5.74, 6) is -0.0949. The molecule has 7 heteroatoms. The van der Waals surface area contributed by atoms with Crippen LogP contribution in [0.1, 0.15) is 21.7 Å². The van der Waals surface area contributed by atoms with E-state index in [1.54, 1.807) is 36.1 Å². The van der Waals surface area contributed by atoms with Gasteiger partial charge in [-0.25, -0.2) is 0 Å². The van der Waals surface area contributed by atoms with Crippen molar-refractivity contribution in [2.24, 2.45) is 0 Å². The van der Waals surface area contributed by atoms with E-state index in [-0.39, 0.29) is 12.5 Å². The minimum Gasteiger partial charge on any atom is -0.497 e. The van der Waals surface area contributed by atoms with Gasteiger partial charge in [0.05, 0.1) is 12.8 Å². The Balaban J connectivity index is 1.87. The van der Waals surface area contributed by atoms with Crippen molar-refractivity contribution in [3.05, 3.63) is 47.3 Å². The number of methoxy groups -OCH3 is 1. The standard InChI is InChI=1S/C15H18N4O3/c1-10-8-11(2)19(18-10)9-14(20)16-17-15(21)12-4-6-13(22-3)7-5-12/h4-8H,9H2,1-3H3,(H,16,20)(H,17,21). The van der Waals surface area contributed by atoms with Gasteiger partial charge in [-0.2, -0.15) is 5.10 Å². The van der Waals surface area contributed by atoms with Gasteiger partial charge in [-0.3, -0.25) is 25.1 Å². The summed E-state index contributed by atoms with van der Waals surface area (Å²) in [5.41, 5.74) is 6.87. The van der Waals surface area contributed by atoms with Gasteiger partial charge in [-0.1, -0.05) is 0 Å². The third-order valence-corrected chi connectivity index (χ3v) is 3.06. The molecule has 116 valence electrons. The van der Waals surface area contributed by atoms with Crippen LogP contribution in [0.3, 0.4) is 0 Å². The number of carbonyl (C=O) groups is 2. The Morgan fingerprint density at radius 2 is 1.86 bits per heavy atom. The molecule has 22 heavy (non-hydrogen) atoms. The minimum atomic E-state index is -0.399. The minimum absolute atomic E-state index is 0.0442. The second-order valence-electron chi connectivity index (χ2n) is 4.82. The van der Waals surface area contributed by atoms with Gasteiger partial charge in [-0.15, -0.1) is 0 Å². The molecule has 1 aromatic carbocycles. The molecule has 2 aromatic rings. The molecule has 2 amide bonds. The van der Waals surface area contributed by atoms with Crippen LogP contribution in [0, 0.1) is 13.8 Å². The van der Waals surface area contributed by atoms with Gasteiger partial charge in [0, 0.05) is 11.3 Å². The molecular formula is C15H18N4O3. The molecule has 0 unspecified atom stereocenters. The molecule has 0 fully saturated rings. The van der Waals surface area contributed by atoms with Crippen LogP contribution in [0.4, 0.5) is 0 Å². The van der Waals surface area contributed by atoms with Crippen molar-refractivity contribution in [1.82, 2.24) is 20.6 Å². The van der Waals surface area contributed by atoms with Crippen LogP contribution in [-0.2, 0) is 11.3 Å². The molecule has 0 atom stereocenters. The first kappa shape index (κ1) is 15.6. The van der Waals surface area contributed by atoms with E-state index in [2.05, 4.69) is 16.0 Å². The maximum atomic E-state index is 11.9. The molecule has 0 bridgehead atoms. The summed E-state index contributed by atoms with van der Waals surface area (Å²) in [6.07, 6.45) is 0. The maximum absolute atomic E-state index is 11.9. The van der Waals surface area contributed by atoms with E-state index in [0.29, 0.717) is 11.3 Å². The first-order valence-electron chi connectivity index (χ1n) is 6.74. The molecule has 2 rings (SSSR count). The Morgan fingerprint density at radius 1 is 1.18 bits per heavy atom. The van der Waals surface area contributed by atoms with E-state index < -0.39 is 5.91 Å². The Hall–Kier alpha value is -2.83. The number of benzene rings is 1. The van der Waals surface area contributed by atoms with Crippen LogP contribution < -0.4 is 15.6 Å². The van der Waals surface area contributed by atoms with Gasteiger partial charge in [0.25, 0.3) is 11.8 Å². The largest absolute Gasteiger partial charge is 0.497 e. The van der Waals surface area contributed by atoms with Crippen molar-refractivity contribution in [3.63, 3.8) is 0 Å². The highest BCUT2D eigenvalue weighted by molar-refractivity contribution is 5.95. The third-order valence-electron chi connectivity index (χ3n) is 3.06. The van der Waals surface area contributed by atoms with E-state index in [1.165, 1.54) is 0 Å². The number of ether oxygens (including phenoxy) is 1. The van der Waals surface area contributed by atoms with Crippen molar-refractivity contribution in [3.8, 4) is 5.75 Å². The lowest BCUT2D eigenvalue weighted by atomic mass is 10.2. The number of aryl methyl sites for hydroxylation is 2. The average molecular weight is 302 g/mol. The van der Waals surface area contributed by atoms with Gasteiger partial charge in [0.15, 0.2) is 0 Å². The second kappa shape index (κ2) is 6.75. The van der Waals surface area contributed by atoms with Gasteiger partial charge in [-0.05, 0) is 44.2 Å². The van der Waals surface area contributed by atoms with Crippen molar-refractivity contribution in [2.75, 3.05) is 7.11 Å². The van der Waals surface area contributed by atoms with Crippen molar-refractivity contribution < 1.29 is 14.3 Å². The van der Waals surface area contributed by atoms with E-state index in [4.69, 9.17) is 4.74 Å². The fourth-order valence-electron chi connectivity index (χ4n) is 1.95. The normalized spacial score (nSPS) is 10.1. The zero-order chi connectivity index (χ0) is 16.1. The highest BCUT2D eigenvalue weighted by Gasteiger charge is 2.09. The molecule has 0 aliphatic rings. The number of aromatic nitrogens is 2. The predicted octanol–water partition coefficient (Wildman–Crippen LogP) is 0.970. The predicted molar refractivity (Wildman–Crippen MR) is 80.3 cm³/mol. The average Bonchev–Trinajstić information content (AvgIpc) is 2.82. The maximum Gasteiger partial charge on any atom is 0.269 e. The number of nitrogens with zero attached hydrogens (tertiary/aromatic N) is 2. The highest BCUT2D eigenvalue weighted by Crippen LogP contribution is 2.10. The van der Waals surface area contributed by atoms with Crippen molar-refractivity contribution >= 4 is 11.8 Å². The van der Waals surface area contributed by atoms with Gasteiger partial charge >= 0.3 is 0 Å². The fraction of sp³-hybridized carbons (Fsp3) is 0.267. The quantitative estimate of drug-likeness (QED) is 0.824. The van der Waals surface area contributed by atoms with Gasteiger partial charge < -0.3 is 4.74 Å². The molecule has 2 N–H and O–H groups in total. The van der Waals surface area contributed by atoms with Crippen molar-refractivity contribution in [2.45, 2.75) is 20.4 Å². The van der Waals surface area contributed by atoms with E-state index in [0.717, 1.165) is 11.4 Å². The molecule has 1 heterocycles. The molecule has 7 nitrogen and oxygen atoms in total. The summed E-state index contributed by atoms with van der Waals surface area (Å²) in [4.78, 5) is 23.7. The van der Waals surface area contributed by atoms with Crippen LogP contribution in [-0.4, -0.2) is 28.7 Å². The smallest absolute Gasteiger partial charge is 0.269 e. The molecule has 0 spiro atoms. The molecule has 0 aliphatic heterocycles. The summed E-state index contributed by atoms with van der Waals surface area (Å²) in [5, 5.41) is 4.18. The molecule has 0 saturated carbocycles. The van der Waals surface area contributed by atoms with E-state index >= 15 is 0 Å². The van der Waals surface area contributed by atoms with Crippen molar-refractivity contribution in [1.29, 1.82) is 0 Å². The van der Waals surface area contributed by atoms with Crippen LogP contribution >= 0.6 is 0 Å². The van der Waals surface area contributed by atoms with Crippen LogP contribution in [0.2, 0.25) is 0 Å². The van der Waals surface area contributed by atoms with Crippen LogP contribution in [0.25, 0.3) is 0 Å². The van der Waals surface area contributed by atoms with E-state index in [1.807, 2.05) is 19.9 Å². The first-order valence-corrected chi connectivity index (χ1v) is 6.74. The third kappa shape index (κ3) is 3.85. The summed E-state index contributed by atoms with van der Waals surface area (Å²) in [6, 6.07) is 8.45. The summed E-state index contributed by atoms with van der Waals surface area (Å²) in [6.45, 7) is 3.76. The number of carbonyl (C=O) groups excluding carboxylic acids is 2. The van der Waals surface area contributed by atoms with Crippen LogP contribution in [0.15, 0.2) is 30.3 Å². The Morgan fingerprint density at radius 3 is 2.41 bits per heavy atom. The number of hydrogen-bond donors (Lipinski definition) is 2. The number of amides is 2. The van der Waals surface area contributed by atoms with Gasteiger partial charge in [0.2, 0.25) is 0 Å². The van der Waals surface area contributed by atoms with Gasteiger partial charge in [0.1, 0.15) is 12.3 Å². The summed E-state index contributed by atoms with van der Waals surface area (Å²) >= 11 is 0. The first-order chi connectivity index (χ1) is 10.5. The number of nitrogens with one attached hydrogen (secondary N) is 2. The molecule has 0 aliphatic carbocycles. The topological polar surface area (TPSA) is 85.3 Å². The molecule has 0 saturated heterocycles. The van der Waals surface area contributed by atoms with Crippen LogP contribution in [0.5, 0.6) is 5.75 Å². The lowest BCUT2D eigenvalue weighted by Crippen LogP contribution is -2.43. The Bertz CT molecular complexity index is 677. The molecule has 0 radical (unpaired) electrons. The zero-order valence-electron chi connectivity index (χ0n) is 12.7. The Labute approximate surface area is 128 Å². The Kier molecular flexibility index (Phi) is 4.77. The lowest BCUT2D eigenvalue weighted by molar-refractivity contribution is -0.122. The highest BCUT2D eigenvalue weighted by atomic mass is 16.5. The zero-order valence-corrected chi connectivity index (χ0v) is 12.7. The molecular weight excluding hydrogens is 284 g/mol.